The Morgan fingerprint density at radius 2 is 2.00 bits per heavy atom. The molecule has 1 heterocycles. The highest BCUT2D eigenvalue weighted by Gasteiger charge is 2.18. The molecule has 6 nitrogen and oxygen atoms in total. The van der Waals surface area contributed by atoms with Gasteiger partial charge in [-0.1, -0.05) is 35.9 Å². The standard InChI is InChI=1S/C21H18ClNO5/c1-2-10-23(16-6-4-3-5-7-16)19(24)13-26-20(25)9-8-15-11-17(22)21-18(12-15)27-14-28-21/h2-9,11-12H,1,10,13-14H2/b9-8+. The van der Waals surface area contributed by atoms with Gasteiger partial charge in [0.2, 0.25) is 6.79 Å². The quantitative estimate of drug-likeness (QED) is 0.402. The smallest absolute Gasteiger partial charge is 0.331 e. The zero-order chi connectivity index (χ0) is 19.9. The van der Waals surface area contributed by atoms with Gasteiger partial charge in [-0.15, -0.1) is 6.58 Å². The molecule has 1 amide bonds. The van der Waals surface area contributed by atoms with E-state index in [2.05, 4.69) is 6.58 Å². The monoisotopic (exact) mass is 399 g/mol. The molecule has 0 radical (unpaired) electrons. The van der Waals surface area contributed by atoms with Crippen molar-refractivity contribution in [2.24, 2.45) is 0 Å². The van der Waals surface area contributed by atoms with Crippen LogP contribution in [0.5, 0.6) is 11.5 Å². The van der Waals surface area contributed by atoms with Crippen LogP contribution in [-0.4, -0.2) is 31.8 Å². The SMILES string of the molecule is C=CCN(C(=O)COC(=O)/C=C/c1cc(Cl)c2c(c1)OCO2)c1ccccc1. The van der Waals surface area contributed by atoms with Gasteiger partial charge in [0.25, 0.3) is 5.91 Å². The van der Waals surface area contributed by atoms with E-state index in [4.69, 9.17) is 25.8 Å². The van der Waals surface area contributed by atoms with Crippen LogP contribution in [0.15, 0.2) is 61.2 Å². The molecule has 0 spiro atoms. The van der Waals surface area contributed by atoms with Gasteiger partial charge < -0.3 is 19.1 Å². The summed E-state index contributed by atoms with van der Waals surface area (Å²) < 4.78 is 15.6. The number of fused-ring (bicyclic) bond motifs is 1. The summed E-state index contributed by atoms with van der Waals surface area (Å²) in [4.78, 5) is 25.9. The van der Waals surface area contributed by atoms with Crippen LogP contribution in [0.2, 0.25) is 5.02 Å². The lowest BCUT2D eigenvalue weighted by Gasteiger charge is -2.20. The summed E-state index contributed by atoms with van der Waals surface area (Å²) in [5.41, 5.74) is 1.35. The largest absolute Gasteiger partial charge is 0.454 e. The van der Waals surface area contributed by atoms with Crippen LogP contribution in [0.4, 0.5) is 5.69 Å². The number of ether oxygens (including phenoxy) is 3. The van der Waals surface area contributed by atoms with Gasteiger partial charge in [-0.3, -0.25) is 4.79 Å². The van der Waals surface area contributed by atoms with E-state index in [9.17, 15) is 9.59 Å². The third kappa shape index (κ3) is 4.72. The lowest BCUT2D eigenvalue weighted by Crippen LogP contribution is -2.34. The maximum absolute atomic E-state index is 12.4. The first kappa shape index (κ1) is 19.5. The molecular formula is C21H18ClNO5. The van der Waals surface area contributed by atoms with Gasteiger partial charge in [0, 0.05) is 18.3 Å². The van der Waals surface area contributed by atoms with Gasteiger partial charge in [-0.25, -0.2) is 4.79 Å². The van der Waals surface area contributed by atoms with E-state index in [0.717, 1.165) is 0 Å². The first-order chi connectivity index (χ1) is 13.6. The number of carbonyl (C=O) groups excluding carboxylic acids is 2. The molecule has 0 aromatic heterocycles. The second-order valence-electron chi connectivity index (χ2n) is 5.81. The van der Waals surface area contributed by atoms with Crippen LogP contribution in [0.25, 0.3) is 6.08 Å². The molecule has 0 bridgehead atoms. The molecule has 7 heteroatoms. The van der Waals surface area contributed by atoms with Crippen LogP contribution in [0.1, 0.15) is 5.56 Å². The Bertz CT molecular complexity index is 911. The number of esters is 1. The van der Waals surface area contributed by atoms with Crippen molar-refractivity contribution in [3.63, 3.8) is 0 Å². The van der Waals surface area contributed by atoms with Crippen LogP contribution in [0, 0.1) is 0 Å². The van der Waals surface area contributed by atoms with Gasteiger partial charge >= 0.3 is 5.97 Å². The third-order valence-corrected chi connectivity index (χ3v) is 4.16. The number of anilines is 1. The lowest BCUT2D eigenvalue weighted by molar-refractivity contribution is -0.142. The van der Waals surface area contributed by atoms with E-state index in [1.807, 2.05) is 18.2 Å². The van der Waals surface area contributed by atoms with E-state index in [-0.39, 0.29) is 19.3 Å². The molecule has 2 aromatic carbocycles. The van der Waals surface area contributed by atoms with Crippen molar-refractivity contribution in [3.8, 4) is 11.5 Å². The molecule has 28 heavy (non-hydrogen) atoms. The lowest BCUT2D eigenvalue weighted by atomic mass is 10.2. The molecular weight excluding hydrogens is 382 g/mol. The second-order valence-corrected chi connectivity index (χ2v) is 6.21. The number of nitrogens with zero attached hydrogens (tertiary/aromatic N) is 1. The van der Waals surface area contributed by atoms with E-state index in [1.165, 1.54) is 17.1 Å². The Morgan fingerprint density at radius 1 is 1.21 bits per heavy atom. The topological polar surface area (TPSA) is 65.1 Å². The van der Waals surface area contributed by atoms with Gasteiger partial charge in [0.1, 0.15) is 0 Å². The Balaban J connectivity index is 1.59. The number of para-hydroxylation sites is 1. The predicted molar refractivity (Wildman–Crippen MR) is 107 cm³/mol. The van der Waals surface area contributed by atoms with Crippen molar-refractivity contribution in [1.82, 2.24) is 0 Å². The summed E-state index contributed by atoms with van der Waals surface area (Å²) in [5.74, 6) is 0.00145. The molecule has 1 aliphatic heterocycles. The highest BCUT2D eigenvalue weighted by molar-refractivity contribution is 6.32. The Labute approximate surface area is 167 Å². The number of halogens is 1. The summed E-state index contributed by atoms with van der Waals surface area (Å²) in [5, 5.41) is 0.390. The first-order valence-electron chi connectivity index (χ1n) is 8.49. The number of amides is 1. The molecule has 0 atom stereocenters. The molecule has 0 saturated carbocycles. The summed E-state index contributed by atoms with van der Waals surface area (Å²) >= 11 is 6.10. The number of benzene rings is 2. The minimum Gasteiger partial charge on any atom is -0.454 e. The molecule has 1 aliphatic rings. The number of hydrogen-bond donors (Lipinski definition) is 0. The van der Waals surface area contributed by atoms with Crippen molar-refractivity contribution in [2.45, 2.75) is 0 Å². The molecule has 0 N–H and O–H groups in total. The normalized spacial score (nSPS) is 12.0. The Kier molecular flexibility index (Phi) is 6.34. The highest BCUT2D eigenvalue weighted by Crippen LogP contribution is 2.40. The first-order valence-corrected chi connectivity index (χ1v) is 8.86. The number of hydrogen-bond acceptors (Lipinski definition) is 5. The number of carbonyl (C=O) groups is 2. The van der Waals surface area contributed by atoms with E-state index >= 15 is 0 Å². The van der Waals surface area contributed by atoms with Crippen molar-refractivity contribution >= 4 is 35.2 Å². The maximum Gasteiger partial charge on any atom is 0.331 e. The fourth-order valence-corrected chi connectivity index (χ4v) is 2.87. The van der Waals surface area contributed by atoms with Gasteiger partial charge in [-0.05, 0) is 35.9 Å². The van der Waals surface area contributed by atoms with Crippen LogP contribution in [-0.2, 0) is 14.3 Å². The van der Waals surface area contributed by atoms with Crippen molar-refractivity contribution in [3.05, 3.63) is 71.8 Å². The third-order valence-electron chi connectivity index (χ3n) is 3.88. The fraction of sp³-hybridized carbons (Fsp3) is 0.143. The molecule has 144 valence electrons. The number of rotatable bonds is 7. The van der Waals surface area contributed by atoms with Crippen molar-refractivity contribution < 1.29 is 23.8 Å². The van der Waals surface area contributed by atoms with Crippen LogP contribution < -0.4 is 14.4 Å². The van der Waals surface area contributed by atoms with Crippen molar-refractivity contribution in [1.29, 1.82) is 0 Å². The summed E-state index contributed by atoms with van der Waals surface area (Å²) in [6.07, 6.45) is 4.36. The minimum atomic E-state index is -0.645. The molecule has 0 saturated heterocycles. The predicted octanol–water partition coefficient (Wildman–Crippen LogP) is 3.84. The van der Waals surface area contributed by atoms with Crippen LogP contribution >= 0.6 is 11.6 Å². The zero-order valence-electron chi connectivity index (χ0n) is 15.0. The fourth-order valence-electron chi connectivity index (χ4n) is 2.59. The van der Waals surface area contributed by atoms with E-state index in [0.29, 0.717) is 34.3 Å². The molecule has 0 aliphatic carbocycles. The highest BCUT2D eigenvalue weighted by atomic mass is 35.5. The molecule has 2 aromatic rings. The molecule has 0 unspecified atom stereocenters. The van der Waals surface area contributed by atoms with Crippen molar-refractivity contribution in [2.75, 3.05) is 24.8 Å². The summed E-state index contributed by atoms with van der Waals surface area (Å²) in [6.45, 7) is 3.69. The Hall–Kier alpha value is -3.25. The molecule has 3 rings (SSSR count). The van der Waals surface area contributed by atoms with E-state index < -0.39 is 5.97 Å². The Morgan fingerprint density at radius 3 is 2.75 bits per heavy atom. The van der Waals surface area contributed by atoms with Gasteiger partial charge in [0.15, 0.2) is 18.1 Å². The van der Waals surface area contributed by atoms with Crippen LogP contribution in [0.3, 0.4) is 0 Å². The summed E-state index contributed by atoms with van der Waals surface area (Å²) in [7, 11) is 0. The zero-order valence-corrected chi connectivity index (χ0v) is 15.7. The van der Waals surface area contributed by atoms with E-state index in [1.54, 1.807) is 30.3 Å². The maximum atomic E-state index is 12.4. The van der Waals surface area contributed by atoms with Gasteiger partial charge in [0.05, 0.1) is 5.02 Å². The second kappa shape index (κ2) is 9.10. The molecule has 0 fully saturated rings. The summed E-state index contributed by atoms with van der Waals surface area (Å²) in [6, 6.07) is 12.4. The minimum absolute atomic E-state index is 0.106. The average Bonchev–Trinajstić information content (AvgIpc) is 3.18. The van der Waals surface area contributed by atoms with Gasteiger partial charge in [-0.2, -0.15) is 0 Å². The average molecular weight is 400 g/mol.